The number of benzene rings is 1. The number of thioether (sulfide) groups is 1. The van der Waals surface area contributed by atoms with E-state index < -0.39 is 0 Å². The lowest BCUT2D eigenvalue weighted by molar-refractivity contribution is -0.132. The number of rotatable bonds is 5. The molecule has 1 fully saturated rings. The van der Waals surface area contributed by atoms with Crippen LogP contribution in [-0.2, 0) is 4.79 Å². The lowest BCUT2D eigenvalue weighted by atomic mass is 10.2. The van der Waals surface area contributed by atoms with Crippen molar-refractivity contribution in [2.24, 2.45) is 0 Å². The minimum absolute atomic E-state index is 0.157. The first kappa shape index (κ1) is 17.8. The molecule has 1 saturated heterocycles. The van der Waals surface area contributed by atoms with Gasteiger partial charge in [-0.05, 0) is 13.5 Å². The molecule has 0 bridgehead atoms. The van der Waals surface area contributed by atoms with E-state index in [2.05, 4.69) is 16.8 Å². The average Bonchev–Trinajstić information content (AvgIpc) is 3.02. The summed E-state index contributed by atoms with van der Waals surface area (Å²) in [6.07, 6.45) is 1.80. The first-order valence-corrected chi connectivity index (χ1v) is 9.54. The van der Waals surface area contributed by atoms with Crippen LogP contribution in [0.15, 0.2) is 41.7 Å². The van der Waals surface area contributed by atoms with E-state index in [1.54, 1.807) is 6.20 Å². The van der Waals surface area contributed by atoms with Crippen LogP contribution in [0.25, 0.3) is 11.3 Å². The Morgan fingerprint density at radius 2 is 1.92 bits per heavy atom. The van der Waals surface area contributed by atoms with Gasteiger partial charge in [0, 0.05) is 31.7 Å². The highest BCUT2D eigenvalue weighted by molar-refractivity contribution is 8.00. The van der Waals surface area contributed by atoms with Crippen LogP contribution >= 0.6 is 11.8 Å². The number of carbonyl (C=O) groups is 1. The summed E-state index contributed by atoms with van der Waals surface area (Å²) in [4.78, 5) is 21.6. The van der Waals surface area contributed by atoms with Crippen LogP contribution < -0.4 is 5.84 Å². The van der Waals surface area contributed by atoms with Crippen LogP contribution in [0, 0.1) is 0 Å². The second-order valence-corrected chi connectivity index (χ2v) is 7.51. The Morgan fingerprint density at radius 1 is 1.24 bits per heavy atom. The van der Waals surface area contributed by atoms with Gasteiger partial charge in [-0.1, -0.05) is 49.0 Å². The number of hydrogen-bond acceptors (Lipinski definition) is 5. The van der Waals surface area contributed by atoms with Crippen LogP contribution in [0.1, 0.15) is 13.8 Å². The summed E-state index contributed by atoms with van der Waals surface area (Å²) in [5, 5.41) is 0.452. The first-order valence-electron chi connectivity index (χ1n) is 8.66. The molecule has 1 amide bonds. The number of carbonyl (C=O) groups excluding carboxylic acids is 1. The van der Waals surface area contributed by atoms with Crippen molar-refractivity contribution in [3.05, 3.63) is 36.5 Å². The molecule has 1 atom stereocenters. The van der Waals surface area contributed by atoms with Crippen LogP contribution in [0.3, 0.4) is 0 Å². The smallest absolute Gasteiger partial charge is 0.235 e. The SMILES string of the molecule is CCN1CCN(C(=O)C(C)Sc2nc(-c3ccccc3)cn2N)CC1. The Bertz CT molecular complexity index is 710. The summed E-state index contributed by atoms with van der Waals surface area (Å²) in [5.74, 6) is 6.20. The van der Waals surface area contributed by atoms with Crippen molar-refractivity contribution in [1.29, 1.82) is 0 Å². The highest BCUT2D eigenvalue weighted by Gasteiger charge is 2.26. The molecular weight excluding hydrogens is 334 g/mol. The Morgan fingerprint density at radius 3 is 2.56 bits per heavy atom. The Labute approximate surface area is 153 Å². The van der Waals surface area contributed by atoms with Crippen molar-refractivity contribution in [3.8, 4) is 11.3 Å². The topological polar surface area (TPSA) is 67.4 Å². The highest BCUT2D eigenvalue weighted by atomic mass is 32.2. The van der Waals surface area contributed by atoms with Crippen molar-refractivity contribution < 1.29 is 4.79 Å². The van der Waals surface area contributed by atoms with Crippen molar-refractivity contribution >= 4 is 17.7 Å². The summed E-state index contributed by atoms with van der Waals surface area (Å²) in [6.45, 7) is 8.61. The van der Waals surface area contributed by atoms with Crippen LogP contribution in [0.4, 0.5) is 0 Å². The van der Waals surface area contributed by atoms with Gasteiger partial charge in [0.05, 0.1) is 17.1 Å². The molecule has 2 N–H and O–H groups in total. The molecule has 1 aromatic carbocycles. The molecular formula is C18H25N5OS. The Kier molecular flexibility index (Phi) is 5.65. The fourth-order valence-corrected chi connectivity index (χ4v) is 3.85. The standard InChI is InChI=1S/C18H25N5OS/c1-3-21-9-11-22(12-10-21)17(24)14(2)25-18-20-16(13-23(18)19)15-7-5-4-6-8-15/h4-8,13-14H,3,9-12,19H2,1-2H3. The van der Waals surface area contributed by atoms with Gasteiger partial charge < -0.3 is 15.6 Å². The molecule has 0 radical (unpaired) electrons. The van der Waals surface area contributed by atoms with E-state index in [0.29, 0.717) is 5.16 Å². The molecule has 1 aliphatic rings. The zero-order valence-electron chi connectivity index (χ0n) is 14.8. The quantitative estimate of drug-likeness (QED) is 0.652. The number of likely N-dealkylation sites (N-methyl/N-ethyl adjacent to an activating group) is 1. The van der Waals surface area contributed by atoms with E-state index >= 15 is 0 Å². The third-order valence-corrected chi connectivity index (χ3v) is 5.60. The van der Waals surface area contributed by atoms with E-state index in [1.165, 1.54) is 16.4 Å². The first-order chi connectivity index (χ1) is 12.1. The maximum atomic E-state index is 12.7. The van der Waals surface area contributed by atoms with Gasteiger partial charge >= 0.3 is 0 Å². The van der Waals surface area contributed by atoms with Crippen molar-refractivity contribution in [1.82, 2.24) is 19.5 Å². The molecule has 0 spiro atoms. The number of nitrogens with two attached hydrogens (primary N) is 1. The van der Waals surface area contributed by atoms with Gasteiger partial charge in [0.15, 0.2) is 5.16 Å². The second kappa shape index (κ2) is 7.93. The molecule has 2 heterocycles. The van der Waals surface area contributed by atoms with E-state index in [0.717, 1.165) is 44.0 Å². The van der Waals surface area contributed by atoms with Crippen molar-refractivity contribution in [2.75, 3.05) is 38.6 Å². The molecule has 134 valence electrons. The Balaban J connectivity index is 1.64. The third-order valence-electron chi connectivity index (χ3n) is 4.53. The summed E-state index contributed by atoms with van der Waals surface area (Å²) in [5.41, 5.74) is 1.84. The second-order valence-electron chi connectivity index (χ2n) is 6.20. The van der Waals surface area contributed by atoms with Gasteiger partial charge in [0.25, 0.3) is 0 Å². The molecule has 1 aromatic heterocycles. The predicted molar refractivity (Wildman–Crippen MR) is 102 cm³/mol. The number of imidazole rings is 1. The summed E-state index contributed by atoms with van der Waals surface area (Å²) >= 11 is 1.42. The van der Waals surface area contributed by atoms with Gasteiger partial charge in [-0.25, -0.2) is 9.66 Å². The van der Waals surface area contributed by atoms with Crippen LogP contribution in [0.5, 0.6) is 0 Å². The molecule has 0 aliphatic carbocycles. The minimum Gasteiger partial charge on any atom is -0.339 e. The molecule has 3 rings (SSSR count). The normalized spacial score (nSPS) is 16.8. The third kappa shape index (κ3) is 4.16. The number of amides is 1. The predicted octanol–water partition coefficient (Wildman–Crippen LogP) is 1.91. The molecule has 1 aliphatic heterocycles. The summed E-state index contributed by atoms with van der Waals surface area (Å²) < 4.78 is 1.51. The number of piperazine rings is 1. The van der Waals surface area contributed by atoms with Crippen molar-refractivity contribution in [3.63, 3.8) is 0 Å². The minimum atomic E-state index is -0.207. The summed E-state index contributed by atoms with van der Waals surface area (Å²) in [7, 11) is 0. The lowest BCUT2D eigenvalue weighted by Gasteiger charge is -2.35. The fraction of sp³-hybridized carbons (Fsp3) is 0.444. The number of nitrogen functional groups attached to an aromatic ring is 1. The van der Waals surface area contributed by atoms with Gasteiger partial charge in [-0.15, -0.1) is 0 Å². The molecule has 7 heteroatoms. The van der Waals surface area contributed by atoms with Crippen molar-refractivity contribution in [2.45, 2.75) is 24.3 Å². The van der Waals surface area contributed by atoms with Gasteiger partial charge in [-0.3, -0.25) is 4.79 Å². The number of hydrogen-bond donors (Lipinski definition) is 1. The Hall–Kier alpha value is -1.99. The van der Waals surface area contributed by atoms with E-state index in [-0.39, 0.29) is 11.2 Å². The summed E-state index contributed by atoms with van der Waals surface area (Å²) in [6, 6.07) is 9.91. The molecule has 6 nitrogen and oxygen atoms in total. The zero-order valence-corrected chi connectivity index (χ0v) is 15.6. The molecule has 2 aromatic rings. The molecule has 0 saturated carbocycles. The van der Waals surface area contributed by atoms with Crippen LogP contribution in [-0.4, -0.2) is 63.3 Å². The highest BCUT2D eigenvalue weighted by Crippen LogP contribution is 2.26. The maximum absolute atomic E-state index is 12.7. The zero-order chi connectivity index (χ0) is 17.8. The fourth-order valence-electron chi connectivity index (χ4n) is 2.96. The number of aromatic nitrogens is 2. The molecule has 1 unspecified atom stereocenters. The molecule has 25 heavy (non-hydrogen) atoms. The van der Waals surface area contributed by atoms with Gasteiger partial charge in [0.2, 0.25) is 5.91 Å². The number of nitrogens with zero attached hydrogens (tertiary/aromatic N) is 4. The maximum Gasteiger partial charge on any atom is 0.235 e. The van der Waals surface area contributed by atoms with Gasteiger partial charge in [0.1, 0.15) is 0 Å². The van der Waals surface area contributed by atoms with E-state index in [4.69, 9.17) is 5.84 Å². The largest absolute Gasteiger partial charge is 0.339 e. The van der Waals surface area contributed by atoms with E-state index in [9.17, 15) is 4.79 Å². The lowest BCUT2D eigenvalue weighted by Crippen LogP contribution is -2.50. The van der Waals surface area contributed by atoms with E-state index in [1.807, 2.05) is 42.2 Å². The van der Waals surface area contributed by atoms with Crippen LogP contribution in [0.2, 0.25) is 0 Å². The monoisotopic (exact) mass is 359 g/mol. The average molecular weight is 359 g/mol. The van der Waals surface area contributed by atoms with Gasteiger partial charge in [-0.2, -0.15) is 0 Å².